The third kappa shape index (κ3) is 3.68. The minimum absolute atomic E-state index is 0.667. The van der Waals surface area contributed by atoms with E-state index in [2.05, 4.69) is 48.3 Å². The van der Waals surface area contributed by atoms with Gasteiger partial charge in [0.1, 0.15) is 0 Å². The zero-order valence-corrected chi connectivity index (χ0v) is 10.6. The molecular weight excluding hydrogens is 218 g/mol. The Labute approximate surface area is 109 Å². The predicted octanol–water partition coefficient (Wildman–Crippen LogP) is 3.71. The van der Waals surface area contributed by atoms with Crippen LogP contribution >= 0.6 is 0 Å². The molecule has 0 aliphatic carbocycles. The minimum Gasteiger partial charge on any atom is -0.374 e. The van der Waals surface area contributed by atoms with Crippen molar-refractivity contribution in [2.75, 3.05) is 11.9 Å². The molecule has 0 aliphatic rings. The topological polar surface area (TPSA) is 12.0 Å². The van der Waals surface area contributed by atoms with Crippen molar-refractivity contribution < 1.29 is 0 Å². The molecule has 18 heavy (non-hydrogen) atoms. The summed E-state index contributed by atoms with van der Waals surface area (Å²) in [5, 5.41) is 3.29. The zero-order valence-electron chi connectivity index (χ0n) is 10.6. The number of benzene rings is 2. The van der Waals surface area contributed by atoms with Crippen LogP contribution in [-0.2, 0) is 6.42 Å². The van der Waals surface area contributed by atoms with Gasteiger partial charge in [-0.2, -0.15) is 0 Å². The first-order valence-electron chi connectivity index (χ1n) is 6.25. The largest absolute Gasteiger partial charge is 0.374 e. The lowest BCUT2D eigenvalue weighted by Gasteiger charge is -2.02. The van der Waals surface area contributed by atoms with Crippen LogP contribution in [0.5, 0.6) is 0 Å². The first-order chi connectivity index (χ1) is 8.88. The summed E-state index contributed by atoms with van der Waals surface area (Å²) in [6.45, 7) is 2.83. The maximum Gasteiger partial charge on any atom is 0.0769 e. The van der Waals surface area contributed by atoms with E-state index in [0.717, 1.165) is 17.7 Å². The molecule has 1 heteroatoms. The highest BCUT2D eigenvalue weighted by Gasteiger charge is 1.90. The summed E-state index contributed by atoms with van der Waals surface area (Å²) >= 11 is 0. The van der Waals surface area contributed by atoms with Crippen LogP contribution < -0.4 is 5.32 Å². The van der Waals surface area contributed by atoms with Crippen LogP contribution in [0.4, 0.5) is 5.69 Å². The van der Waals surface area contributed by atoms with Crippen molar-refractivity contribution in [3.05, 3.63) is 65.7 Å². The van der Waals surface area contributed by atoms with Crippen molar-refractivity contribution in [3.63, 3.8) is 0 Å². The lowest BCUT2D eigenvalue weighted by Crippen LogP contribution is -1.98. The van der Waals surface area contributed by atoms with Crippen LogP contribution in [0.25, 0.3) is 0 Å². The number of anilines is 1. The molecule has 2 aromatic rings. The minimum atomic E-state index is 0.667. The second-order valence-corrected chi connectivity index (χ2v) is 4.07. The Bertz CT molecular complexity index is 529. The molecule has 0 saturated heterocycles. The first kappa shape index (κ1) is 12.3. The van der Waals surface area contributed by atoms with E-state index < -0.39 is 0 Å². The van der Waals surface area contributed by atoms with Gasteiger partial charge < -0.3 is 5.32 Å². The summed E-state index contributed by atoms with van der Waals surface area (Å²) < 4.78 is 0. The second-order valence-electron chi connectivity index (χ2n) is 4.07. The van der Waals surface area contributed by atoms with Gasteiger partial charge in [0.15, 0.2) is 0 Å². The maximum absolute atomic E-state index is 3.29. The normalized spacial score (nSPS) is 9.39. The van der Waals surface area contributed by atoms with E-state index in [4.69, 9.17) is 0 Å². The molecule has 2 rings (SSSR count). The highest BCUT2D eigenvalue weighted by atomic mass is 14.8. The van der Waals surface area contributed by atoms with E-state index in [1.165, 1.54) is 5.56 Å². The van der Waals surface area contributed by atoms with E-state index in [-0.39, 0.29) is 0 Å². The van der Waals surface area contributed by atoms with Gasteiger partial charge in [0.25, 0.3) is 0 Å². The van der Waals surface area contributed by atoms with Crippen molar-refractivity contribution in [2.24, 2.45) is 0 Å². The number of rotatable bonds is 3. The van der Waals surface area contributed by atoms with E-state index in [9.17, 15) is 0 Å². The van der Waals surface area contributed by atoms with Crippen LogP contribution in [-0.4, -0.2) is 6.54 Å². The van der Waals surface area contributed by atoms with Crippen LogP contribution in [0.3, 0.4) is 0 Å². The SMILES string of the molecule is CCc1ccc(NCC#Cc2ccccc2)cc1. The fraction of sp³-hybridized carbons (Fsp3) is 0.176. The number of nitrogens with one attached hydrogen (secondary N) is 1. The standard InChI is InChI=1S/C17H17N/c1-2-15-10-12-17(13-11-15)18-14-6-9-16-7-4-3-5-8-16/h3-5,7-8,10-13,18H,2,14H2,1H3. The number of aryl methyl sites for hydroxylation is 1. The van der Waals surface area contributed by atoms with Gasteiger partial charge in [0, 0.05) is 11.3 Å². The lowest BCUT2D eigenvalue weighted by atomic mass is 10.1. The van der Waals surface area contributed by atoms with E-state index >= 15 is 0 Å². The summed E-state index contributed by atoms with van der Waals surface area (Å²) in [6, 6.07) is 18.5. The third-order valence-corrected chi connectivity index (χ3v) is 2.75. The summed E-state index contributed by atoms with van der Waals surface area (Å²) in [7, 11) is 0. The van der Waals surface area contributed by atoms with E-state index in [1.807, 2.05) is 30.3 Å². The maximum atomic E-state index is 3.29. The van der Waals surface area contributed by atoms with Crippen LogP contribution in [0.2, 0.25) is 0 Å². The fourth-order valence-corrected chi connectivity index (χ4v) is 1.67. The van der Waals surface area contributed by atoms with Gasteiger partial charge in [0.2, 0.25) is 0 Å². The molecule has 2 aromatic carbocycles. The first-order valence-corrected chi connectivity index (χ1v) is 6.25. The molecule has 0 bridgehead atoms. The quantitative estimate of drug-likeness (QED) is 0.800. The zero-order chi connectivity index (χ0) is 12.6. The highest BCUT2D eigenvalue weighted by Crippen LogP contribution is 2.09. The summed E-state index contributed by atoms with van der Waals surface area (Å²) in [6.07, 6.45) is 1.08. The smallest absolute Gasteiger partial charge is 0.0769 e. The predicted molar refractivity (Wildman–Crippen MR) is 77.6 cm³/mol. The van der Waals surface area contributed by atoms with Gasteiger partial charge in [-0.25, -0.2) is 0 Å². The molecular formula is C17H17N. The number of hydrogen-bond donors (Lipinski definition) is 1. The Morgan fingerprint density at radius 2 is 1.67 bits per heavy atom. The molecule has 1 nitrogen and oxygen atoms in total. The van der Waals surface area contributed by atoms with Gasteiger partial charge in [0.05, 0.1) is 6.54 Å². The Morgan fingerprint density at radius 1 is 0.944 bits per heavy atom. The molecule has 0 atom stereocenters. The molecule has 0 heterocycles. The molecule has 1 N–H and O–H groups in total. The average molecular weight is 235 g/mol. The second kappa shape index (κ2) is 6.51. The van der Waals surface area contributed by atoms with E-state index in [1.54, 1.807) is 0 Å². The van der Waals surface area contributed by atoms with Gasteiger partial charge in [-0.05, 0) is 36.2 Å². The van der Waals surface area contributed by atoms with Crippen molar-refractivity contribution in [1.29, 1.82) is 0 Å². The fourth-order valence-electron chi connectivity index (χ4n) is 1.67. The highest BCUT2D eigenvalue weighted by molar-refractivity contribution is 5.46. The molecule has 0 unspecified atom stereocenters. The monoisotopic (exact) mass is 235 g/mol. The van der Waals surface area contributed by atoms with Crippen LogP contribution in [0.1, 0.15) is 18.1 Å². The van der Waals surface area contributed by atoms with Crippen molar-refractivity contribution >= 4 is 5.69 Å². The summed E-state index contributed by atoms with van der Waals surface area (Å²) in [4.78, 5) is 0. The van der Waals surface area contributed by atoms with Gasteiger partial charge >= 0.3 is 0 Å². The molecule has 0 saturated carbocycles. The Morgan fingerprint density at radius 3 is 2.33 bits per heavy atom. The molecule has 0 fully saturated rings. The summed E-state index contributed by atoms with van der Waals surface area (Å²) in [5.41, 5.74) is 3.53. The molecule has 0 radical (unpaired) electrons. The molecule has 0 amide bonds. The van der Waals surface area contributed by atoms with Crippen molar-refractivity contribution in [2.45, 2.75) is 13.3 Å². The van der Waals surface area contributed by atoms with Crippen LogP contribution in [0.15, 0.2) is 54.6 Å². The average Bonchev–Trinajstić information content (AvgIpc) is 2.45. The van der Waals surface area contributed by atoms with Gasteiger partial charge in [-0.15, -0.1) is 0 Å². The van der Waals surface area contributed by atoms with Crippen LogP contribution in [0, 0.1) is 11.8 Å². The van der Waals surface area contributed by atoms with Crippen molar-refractivity contribution in [3.8, 4) is 11.8 Å². The van der Waals surface area contributed by atoms with Gasteiger partial charge in [-0.1, -0.05) is 49.1 Å². The van der Waals surface area contributed by atoms with E-state index in [0.29, 0.717) is 6.54 Å². The Hall–Kier alpha value is -2.20. The molecule has 0 spiro atoms. The Kier molecular flexibility index (Phi) is 4.44. The van der Waals surface area contributed by atoms with Crippen molar-refractivity contribution in [1.82, 2.24) is 0 Å². The molecule has 0 aromatic heterocycles. The van der Waals surface area contributed by atoms with Gasteiger partial charge in [-0.3, -0.25) is 0 Å². The number of hydrogen-bond acceptors (Lipinski definition) is 1. The summed E-state index contributed by atoms with van der Waals surface area (Å²) in [5.74, 6) is 6.24. The third-order valence-electron chi connectivity index (χ3n) is 2.75. The lowest BCUT2D eigenvalue weighted by molar-refractivity contribution is 1.14. The Balaban J connectivity index is 1.87. The molecule has 0 aliphatic heterocycles. The molecule has 90 valence electrons.